The van der Waals surface area contributed by atoms with Gasteiger partial charge in [-0.05, 0) is 59.0 Å². The lowest BCUT2D eigenvalue weighted by molar-refractivity contribution is -0.127. The molecule has 2 unspecified atom stereocenters. The lowest BCUT2D eigenvalue weighted by atomic mass is 9.88. The number of hydrogen-bond donors (Lipinski definition) is 2. The zero-order valence-corrected chi connectivity index (χ0v) is 14.8. The predicted molar refractivity (Wildman–Crippen MR) is 91.3 cm³/mol. The van der Waals surface area contributed by atoms with E-state index in [4.69, 9.17) is 4.74 Å². The van der Waals surface area contributed by atoms with Crippen molar-refractivity contribution in [3.8, 4) is 0 Å². The largest absolute Gasteiger partial charge is 0.391 e. The number of aliphatic hydroxyl groups excluding tert-OH is 1. The maximum Gasteiger partial charge on any atom is 0.223 e. The number of carbonyl (C=O) groups excluding carboxylic acids is 1. The molecule has 1 heterocycles. The van der Waals surface area contributed by atoms with Crippen molar-refractivity contribution in [2.24, 2.45) is 5.92 Å². The number of likely N-dealkylation sites (tertiary alicyclic amines) is 1. The first-order chi connectivity index (χ1) is 11.1. The molecular formula is C18H34N2O3. The molecule has 1 saturated carbocycles. The van der Waals surface area contributed by atoms with Gasteiger partial charge in [-0.15, -0.1) is 0 Å². The number of ether oxygens (including phenoxy) is 1. The van der Waals surface area contributed by atoms with Crippen LogP contribution >= 0.6 is 0 Å². The number of nitrogens with zero attached hydrogens (tertiary/aromatic N) is 1. The first kappa shape index (κ1) is 18.7. The summed E-state index contributed by atoms with van der Waals surface area (Å²) in [5, 5.41) is 13.2. The molecule has 5 heteroatoms. The lowest BCUT2D eigenvalue weighted by Crippen LogP contribution is -2.50. The Labute approximate surface area is 140 Å². The van der Waals surface area contributed by atoms with Gasteiger partial charge in [-0.25, -0.2) is 0 Å². The molecule has 5 nitrogen and oxygen atoms in total. The minimum absolute atomic E-state index is 0.137. The summed E-state index contributed by atoms with van der Waals surface area (Å²) in [6.45, 7) is 7.33. The molecular weight excluding hydrogens is 292 g/mol. The number of carbonyl (C=O) groups is 1. The molecule has 134 valence electrons. The zero-order chi connectivity index (χ0) is 16.7. The summed E-state index contributed by atoms with van der Waals surface area (Å²) < 4.78 is 5.48. The van der Waals surface area contributed by atoms with Gasteiger partial charge in [0.05, 0.1) is 12.2 Å². The smallest absolute Gasteiger partial charge is 0.223 e. The van der Waals surface area contributed by atoms with E-state index in [-0.39, 0.29) is 24.0 Å². The van der Waals surface area contributed by atoms with Crippen molar-refractivity contribution in [2.75, 3.05) is 26.2 Å². The van der Waals surface area contributed by atoms with Crippen LogP contribution in [-0.4, -0.2) is 60.4 Å². The summed E-state index contributed by atoms with van der Waals surface area (Å²) >= 11 is 0. The van der Waals surface area contributed by atoms with Crippen molar-refractivity contribution in [2.45, 2.75) is 77.0 Å². The van der Waals surface area contributed by atoms with Crippen molar-refractivity contribution in [1.82, 2.24) is 10.2 Å². The number of hydrogen-bond acceptors (Lipinski definition) is 4. The van der Waals surface area contributed by atoms with Crippen LogP contribution in [0.3, 0.4) is 0 Å². The second-order valence-corrected chi connectivity index (χ2v) is 7.29. The maximum atomic E-state index is 12.2. The van der Waals surface area contributed by atoms with Gasteiger partial charge in [0.25, 0.3) is 0 Å². The van der Waals surface area contributed by atoms with Crippen molar-refractivity contribution >= 4 is 5.91 Å². The van der Waals surface area contributed by atoms with Gasteiger partial charge in [0, 0.05) is 25.1 Å². The standard InChI is InChI=1S/C18H34N2O3/c1-14(2)23-13-5-10-19-18(22)15-8-11-20(12-9-15)16-6-3-4-7-17(16)21/h14-17,21H,3-13H2,1-2H3,(H,19,22). The van der Waals surface area contributed by atoms with Crippen LogP contribution in [0.1, 0.15) is 58.8 Å². The predicted octanol–water partition coefficient (Wildman–Crippen LogP) is 1.93. The minimum Gasteiger partial charge on any atom is -0.391 e. The van der Waals surface area contributed by atoms with Crippen LogP contribution in [0.5, 0.6) is 0 Å². The van der Waals surface area contributed by atoms with E-state index in [0.717, 1.165) is 51.6 Å². The van der Waals surface area contributed by atoms with Crippen LogP contribution in [0.4, 0.5) is 0 Å². The van der Waals surface area contributed by atoms with E-state index < -0.39 is 0 Å². The van der Waals surface area contributed by atoms with Gasteiger partial charge in [-0.3, -0.25) is 9.69 Å². The van der Waals surface area contributed by atoms with Gasteiger partial charge in [-0.1, -0.05) is 12.8 Å². The third kappa shape index (κ3) is 6.05. The Morgan fingerprint density at radius 1 is 1.22 bits per heavy atom. The molecule has 0 bridgehead atoms. The van der Waals surface area contributed by atoms with E-state index in [1.165, 1.54) is 6.42 Å². The highest BCUT2D eigenvalue weighted by molar-refractivity contribution is 5.78. The fourth-order valence-corrected chi connectivity index (χ4v) is 3.76. The third-order valence-electron chi connectivity index (χ3n) is 5.13. The van der Waals surface area contributed by atoms with Crippen LogP contribution in [-0.2, 0) is 9.53 Å². The molecule has 0 aromatic carbocycles. The molecule has 2 rings (SSSR count). The number of aliphatic hydroxyl groups is 1. The van der Waals surface area contributed by atoms with E-state index in [0.29, 0.717) is 19.2 Å². The second-order valence-electron chi connectivity index (χ2n) is 7.29. The normalized spacial score (nSPS) is 27.3. The van der Waals surface area contributed by atoms with Gasteiger partial charge < -0.3 is 15.2 Å². The Hall–Kier alpha value is -0.650. The molecule has 2 N–H and O–H groups in total. The Morgan fingerprint density at radius 3 is 2.57 bits per heavy atom. The van der Waals surface area contributed by atoms with E-state index in [9.17, 15) is 9.90 Å². The van der Waals surface area contributed by atoms with E-state index in [1.54, 1.807) is 0 Å². The quantitative estimate of drug-likeness (QED) is 0.702. The molecule has 23 heavy (non-hydrogen) atoms. The Morgan fingerprint density at radius 2 is 1.91 bits per heavy atom. The summed E-state index contributed by atoms with van der Waals surface area (Å²) in [6, 6.07) is 0.320. The monoisotopic (exact) mass is 326 g/mol. The summed E-state index contributed by atoms with van der Waals surface area (Å²) in [4.78, 5) is 14.6. The molecule has 2 aliphatic rings. The Bertz CT molecular complexity index is 354. The van der Waals surface area contributed by atoms with Crippen molar-refractivity contribution in [3.63, 3.8) is 0 Å². The maximum absolute atomic E-state index is 12.2. The number of piperidine rings is 1. The summed E-state index contributed by atoms with van der Waals surface area (Å²) in [6.07, 6.45) is 7.20. The highest BCUT2D eigenvalue weighted by Gasteiger charge is 2.33. The summed E-state index contributed by atoms with van der Waals surface area (Å²) in [7, 11) is 0. The fraction of sp³-hybridized carbons (Fsp3) is 0.944. The van der Waals surface area contributed by atoms with Crippen molar-refractivity contribution in [3.05, 3.63) is 0 Å². The highest BCUT2D eigenvalue weighted by atomic mass is 16.5. The Kier molecular flexibility index (Phi) is 7.80. The first-order valence-electron chi connectivity index (χ1n) is 9.39. The SMILES string of the molecule is CC(C)OCCCNC(=O)C1CCN(C2CCCCC2O)CC1. The van der Waals surface area contributed by atoms with Gasteiger partial charge >= 0.3 is 0 Å². The molecule has 0 radical (unpaired) electrons. The first-order valence-corrected chi connectivity index (χ1v) is 9.39. The van der Waals surface area contributed by atoms with Crippen LogP contribution in [0.2, 0.25) is 0 Å². The topological polar surface area (TPSA) is 61.8 Å². The molecule has 0 spiro atoms. The Balaban J connectivity index is 1.62. The minimum atomic E-state index is -0.171. The van der Waals surface area contributed by atoms with Gasteiger partial charge in [-0.2, -0.15) is 0 Å². The molecule has 1 saturated heterocycles. The summed E-state index contributed by atoms with van der Waals surface area (Å²) in [5.41, 5.74) is 0. The second kappa shape index (κ2) is 9.60. The van der Waals surface area contributed by atoms with Gasteiger partial charge in [0.15, 0.2) is 0 Å². The van der Waals surface area contributed by atoms with E-state index >= 15 is 0 Å². The highest BCUT2D eigenvalue weighted by Crippen LogP contribution is 2.27. The molecule has 0 aromatic heterocycles. The molecule has 1 aliphatic heterocycles. The molecule has 1 amide bonds. The zero-order valence-electron chi connectivity index (χ0n) is 14.8. The van der Waals surface area contributed by atoms with E-state index in [2.05, 4.69) is 10.2 Å². The van der Waals surface area contributed by atoms with Crippen LogP contribution < -0.4 is 5.32 Å². The third-order valence-corrected chi connectivity index (χ3v) is 5.13. The summed E-state index contributed by atoms with van der Waals surface area (Å²) in [5.74, 6) is 0.330. The lowest BCUT2D eigenvalue weighted by Gasteiger charge is -2.41. The van der Waals surface area contributed by atoms with Crippen LogP contribution in [0.25, 0.3) is 0 Å². The van der Waals surface area contributed by atoms with Crippen LogP contribution in [0.15, 0.2) is 0 Å². The molecule has 2 atom stereocenters. The number of amides is 1. The average Bonchev–Trinajstić information content (AvgIpc) is 2.55. The van der Waals surface area contributed by atoms with Gasteiger partial charge in [0.1, 0.15) is 0 Å². The van der Waals surface area contributed by atoms with E-state index in [1.807, 2.05) is 13.8 Å². The van der Waals surface area contributed by atoms with Gasteiger partial charge in [0.2, 0.25) is 5.91 Å². The molecule has 0 aromatic rings. The molecule has 1 aliphatic carbocycles. The molecule has 2 fully saturated rings. The number of rotatable bonds is 7. The van der Waals surface area contributed by atoms with Crippen LogP contribution in [0, 0.1) is 5.92 Å². The fourth-order valence-electron chi connectivity index (χ4n) is 3.76. The van der Waals surface area contributed by atoms with Crippen molar-refractivity contribution in [1.29, 1.82) is 0 Å². The number of nitrogens with one attached hydrogen (secondary N) is 1. The average molecular weight is 326 g/mol. The van der Waals surface area contributed by atoms with Crippen molar-refractivity contribution < 1.29 is 14.6 Å².